The summed E-state index contributed by atoms with van der Waals surface area (Å²) in [6, 6.07) is 8.87. The third-order valence-electron chi connectivity index (χ3n) is 4.05. The number of hydrogen-bond acceptors (Lipinski definition) is 4. The van der Waals surface area contributed by atoms with Gasteiger partial charge in [-0.1, -0.05) is 71.9 Å². The van der Waals surface area contributed by atoms with Crippen LogP contribution in [0.1, 0.15) is 53.5 Å². The lowest BCUT2D eigenvalue weighted by Crippen LogP contribution is -2.49. The van der Waals surface area contributed by atoms with E-state index in [-0.39, 0.29) is 18.0 Å². The first-order chi connectivity index (χ1) is 11.5. The van der Waals surface area contributed by atoms with Crippen LogP contribution in [0.2, 0.25) is 0 Å². The van der Waals surface area contributed by atoms with Gasteiger partial charge in [0.2, 0.25) is 0 Å². The molecule has 1 aliphatic rings. The zero-order valence-electron chi connectivity index (χ0n) is 16.0. The predicted octanol–water partition coefficient (Wildman–Crippen LogP) is 4.36. The Labute approximate surface area is 150 Å². The number of benzene rings is 1. The smallest absolute Gasteiger partial charge is 0.413 e. The highest BCUT2D eigenvalue weighted by Crippen LogP contribution is 2.37. The van der Waals surface area contributed by atoms with Gasteiger partial charge >= 0.3 is 12.1 Å². The van der Waals surface area contributed by atoms with Gasteiger partial charge in [-0.2, -0.15) is 0 Å². The maximum Gasteiger partial charge on any atom is 0.413 e. The molecule has 1 saturated heterocycles. The highest BCUT2D eigenvalue weighted by molar-refractivity contribution is 5.84. The number of esters is 1. The van der Waals surface area contributed by atoms with Crippen molar-refractivity contribution in [1.82, 2.24) is 4.90 Å². The van der Waals surface area contributed by atoms with Gasteiger partial charge in [-0.15, -0.1) is 0 Å². The van der Waals surface area contributed by atoms with Crippen LogP contribution in [-0.4, -0.2) is 29.2 Å². The van der Waals surface area contributed by atoms with Crippen molar-refractivity contribution in [3.05, 3.63) is 35.9 Å². The van der Waals surface area contributed by atoms with Crippen molar-refractivity contribution in [2.24, 2.45) is 10.8 Å². The Balaban J connectivity index is 2.19. The van der Waals surface area contributed by atoms with Gasteiger partial charge in [0.05, 0.1) is 0 Å². The summed E-state index contributed by atoms with van der Waals surface area (Å²) in [6.07, 6.45) is -0.613. The van der Waals surface area contributed by atoms with Crippen LogP contribution in [0.15, 0.2) is 30.3 Å². The molecule has 1 aliphatic heterocycles. The molecule has 1 aromatic carbocycles. The van der Waals surface area contributed by atoms with Gasteiger partial charge in [0.25, 0.3) is 0 Å². The van der Waals surface area contributed by atoms with E-state index < -0.39 is 23.8 Å². The number of rotatable bonds is 3. The predicted molar refractivity (Wildman–Crippen MR) is 95.7 cm³/mol. The van der Waals surface area contributed by atoms with Crippen molar-refractivity contribution in [3.63, 3.8) is 0 Å². The van der Waals surface area contributed by atoms with Gasteiger partial charge < -0.3 is 9.47 Å². The van der Waals surface area contributed by atoms with Crippen molar-refractivity contribution < 1.29 is 19.1 Å². The van der Waals surface area contributed by atoms with E-state index in [4.69, 9.17) is 9.47 Å². The van der Waals surface area contributed by atoms with Gasteiger partial charge in [-0.25, -0.2) is 9.59 Å². The average molecular weight is 347 g/mol. The van der Waals surface area contributed by atoms with Crippen molar-refractivity contribution >= 4 is 12.1 Å². The quantitative estimate of drug-likeness (QED) is 0.762. The van der Waals surface area contributed by atoms with Crippen LogP contribution < -0.4 is 0 Å². The maximum absolute atomic E-state index is 12.8. The van der Waals surface area contributed by atoms with E-state index in [1.54, 1.807) is 0 Å². The van der Waals surface area contributed by atoms with Crippen molar-refractivity contribution in [2.45, 2.75) is 66.8 Å². The van der Waals surface area contributed by atoms with Gasteiger partial charge in [0, 0.05) is 5.41 Å². The molecule has 0 unspecified atom stereocenters. The minimum Gasteiger partial charge on any atom is -0.444 e. The number of cyclic esters (lactones) is 1. The van der Waals surface area contributed by atoms with Gasteiger partial charge in [0.1, 0.15) is 12.6 Å². The molecule has 138 valence electrons. The summed E-state index contributed by atoms with van der Waals surface area (Å²) in [7, 11) is 0. The van der Waals surface area contributed by atoms with Gasteiger partial charge in [-0.3, -0.25) is 4.90 Å². The molecule has 1 aromatic rings. The second kappa shape index (κ2) is 7.06. The summed E-state index contributed by atoms with van der Waals surface area (Å²) in [5.41, 5.74) is 0.393. The summed E-state index contributed by atoms with van der Waals surface area (Å²) < 4.78 is 11.0. The zero-order valence-corrected chi connectivity index (χ0v) is 16.0. The normalized spacial score (nSPS) is 21.2. The van der Waals surface area contributed by atoms with E-state index >= 15 is 0 Å². The monoisotopic (exact) mass is 347 g/mol. The molecule has 0 bridgehead atoms. The van der Waals surface area contributed by atoms with Crippen LogP contribution in [-0.2, 0) is 20.9 Å². The molecule has 5 nitrogen and oxygen atoms in total. The van der Waals surface area contributed by atoms with E-state index in [0.717, 1.165) is 5.56 Å². The first kappa shape index (κ1) is 19.3. The van der Waals surface area contributed by atoms with Crippen molar-refractivity contribution in [2.75, 3.05) is 0 Å². The molecule has 25 heavy (non-hydrogen) atoms. The van der Waals surface area contributed by atoms with Crippen molar-refractivity contribution in [1.29, 1.82) is 0 Å². The van der Waals surface area contributed by atoms with E-state index in [1.807, 2.05) is 71.9 Å². The highest BCUT2D eigenvalue weighted by atomic mass is 16.6. The molecule has 0 radical (unpaired) electrons. The number of nitrogens with zero attached hydrogens (tertiary/aromatic N) is 1. The fourth-order valence-corrected chi connectivity index (χ4v) is 2.89. The Morgan fingerprint density at radius 3 is 2.24 bits per heavy atom. The zero-order chi connectivity index (χ0) is 18.8. The van der Waals surface area contributed by atoms with Crippen LogP contribution >= 0.6 is 0 Å². The molecular formula is C20H29NO4. The molecule has 1 amide bonds. The van der Waals surface area contributed by atoms with Crippen LogP contribution in [0.5, 0.6) is 0 Å². The number of carbonyl (C=O) groups excluding carboxylic acids is 2. The number of hydrogen-bond donors (Lipinski definition) is 0. The fraction of sp³-hybridized carbons (Fsp3) is 0.600. The van der Waals surface area contributed by atoms with E-state index in [2.05, 4.69) is 0 Å². The Hall–Kier alpha value is -2.04. The molecule has 2 rings (SSSR count). The molecule has 2 atom stereocenters. The summed E-state index contributed by atoms with van der Waals surface area (Å²) in [5, 5.41) is 0. The summed E-state index contributed by atoms with van der Waals surface area (Å²) in [4.78, 5) is 26.7. The largest absolute Gasteiger partial charge is 0.444 e. The number of amides is 1. The minimum absolute atomic E-state index is 0.117. The Morgan fingerprint density at radius 2 is 1.72 bits per heavy atom. The SMILES string of the molecule is CC(C)(C)C[C@H]1C(=O)O[C@@H](C(C)(C)C)N1C(=O)OCc1ccccc1. The molecule has 1 fully saturated rings. The average Bonchev–Trinajstić information content (AvgIpc) is 2.81. The minimum atomic E-state index is -0.629. The maximum atomic E-state index is 12.8. The summed E-state index contributed by atoms with van der Waals surface area (Å²) in [5.74, 6) is -0.355. The highest BCUT2D eigenvalue weighted by Gasteiger charge is 2.51. The lowest BCUT2D eigenvalue weighted by atomic mass is 9.87. The number of ether oxygens (including phenoxy) is 2. The molecule has 0 spiro atoms. The van der Waals surface area contributed by atoms with Crippen LogP contribution in [0.3, 0.4) is 0 Å². The van der Waals surface area contributed by atoms with Crippen LogP contribution in [0.25, 0.3) is 0 Å². The molecule has 0 saturated carbocycles. The van der Waals surface area contributed by atoms with Crippen molar-refractivity contribution in [3.8, 4) is 0 Å². The topological polar surface area (TPSA) is 55.8 Å². The second-order valence-corrected chi connectivity index (χ2v) is 8.88. The lowest BCUT2D eigenvalue weighted by Gasteiger charge is -2.34. The first-order valence-corrected chi connectivity index (χ1v) is 8.68. The molecule has 0 aromatic heterocycles. The van der Waals surface area contributed by atoms with Gasteiger partial charge in [-0.05, 0) is 17.4 Å². The Bertz CT molecular complexity index is 613. The standard InChI is InChI=1S/C20H29NO4/c1-19(2,3)12-15-16(22)25-17(20(4,5)6)21(15)18(23)24-13-14-10-8-7-9-11-14/h7-11,15,17H,12-13H2,1-6H3/t15-,17-/m0/s1. The third-order valence-corrected chi connectivity index (χ3v) is 4.05. The fourth-order valence-electron chi connectivity index (χ4n) is 2.89. The Morgan fingerprint density at radius 1 is 1.12 bits per heavy atom. The molecular weight excluding hydrogens is 318 g/mol. The number of carbonyl (C=O) groups is 2. The second-order valence-electron chi connectivity index (χ2n) is 8.88. The third kappa shape index (κ3) is 4.97. The summed E-state index contributed by atoms with van der Waals surface area (Å²) in [6.45, 7) is 12.1. The van der Waals surface area contributed by atoms with Crippen LogP contribution in [0, 0.1) is 10.8 Å². The molecule has 0 N–H and O–H groups in total. The first-order valence-electron chi connectivity index (χ1n) is 8.68. The molecule has 0 aliphatic carbocycles. The Kier molecular flexibility index (Phi) is 5.45. The lowest BCUT2D eigenvalue weighted by molar-refractivity contribution is -0.147. The molecule has 1 heterocycles. The van der Waals surface area contributed by atoms with Crippen LogP contribution in [0.4, 0.5) is 4.79 Å². The van der Waals surface area contributed by atoms with E-state index in [0.29, 0.717) is 6.42 Å². The van der Waals surface area contributed by atoms with E-state index in [9.17, 15) is 9.59 Å². The summed E-state index contributed by atoms with van der Waals surface area (Å²) >= 11 is 0. The van der Waals surface area contributed by atoms with Gasteiger partial charge in [0.15, 0.2) is 6.23 Å². The van der Waals surface area contributed by atoms with E-state index in [1.165, 1.54) is 4.90 Å². The molecule has 5 heteroatoms.